The number of benzene rings is 1. The van der Waals surface area contributed by atoms with E-state index in [1.54, 1.807) is 0 Å². The van der Waals surface area contributed by atoms with Gasteiger partial charge in [0.15, 0.2) is 0 Å². The van der Waals surface area contributed by atoms with E-state index in [-0.39, 0.29) is 22.3 Å². The number of hydrogen-bond donors (Lipinski definition) is 2. The molecule has 0 aliphatic carbocycles. The molecule has 6 nitrogen and oxygen atoms in total. The molecular weight excluding hydrogens is 288 g/mol. The fourth-order valence-corrected chi connectivity index (χ4v) is 1.04. The topological polar surface area (TPSA) is 93.1 Å². The van der Waals surface area contributed by atoms with Crippen molar-refractivity contribution in [3.8, 4) is 0 Å². The molecule has 0 atom stereocenters. The Balaban J connectivity index is 0.000000409. The SMILES string of the molecule is CC(C)(C)OOC(C)(C)C.O=C(O)c1cccc(C(=O)O)c1. The van der Waals surface area contributed by atoms with Crippen molar-refractivity contribution in [2.45, 2.75) is 52.7 Å². The molecule has 0 spiro atoms. The van der Waals surface area contributed by atoms with Crippen LogP contribution in [0, 0.1) is 0 Å². The molecule has 22 heavy (non-hydrogen) atoms. The van der Waals surface area contributed by atoms with Crippen molar-refractivity contribution >= 4 is 11.9 Å². The lowest BCUT2D eigenvalue weighted by molar-refractivity contribution is -0.393. The second kappa shape index (κ2) is 7.91. The van der Waals surface area contributed by atoms with Crippen molar-refractivity contribution in [3.63, 3.8) is 0 Å². The highest BCUT2D eigenvalue weighted by atomic mass is 17.2. The van der Waals surface area contributed by atoms with Gasteiger partial charge in [0.1, 0.15) is 0 Å². The van der Waals surface area contributed by atoms with E-state index in [1.165, 1.54) is 18.2 Å². The van der Waals surface area contributed by atoms with E-state index in [4.69, 9.17) is 20.0 Å². The van der Waals surface area contributed by atoms with Gasteiger partial charge in [0.05, 0.1) is 22.3 Å². The van der Waals surface area contributed by atoms with Crippen LogP contribution >= 0.6 is 0 Å². The molecule has 0 saturated carbocycles. The summed E-state index contributed by atoms with van der Waals surface area (Å²) < 4.78 is 0. The first-order valence-electron chi connectivity index (χ1n) is 6.75. The maximum Gasteiger partial charge on any atom is 0.335 e. The zero-order valence-electron chi connectivity index (χ0n) is 13.8. The largest absolute Gasteiger partial charge is 0.478 e. The zero-order valence-corrected chi connectivity index (χ0v) is 13.8. The molecule has 0 unspecified atom stereocenters. The summed E-state index contributed by atoms with van der Waals surface area (Å²) in [5, 5.41) is 17.0. The minimum Gasteiger partial charge on any atom is -0.478 e. The number of rotatable bonds is 3. The van der Waals surface area contributed by atoms with Crippen LogP contribution in [0.15, 0.2) is 24.3 Å². The Morgan fingerprint density at radius 3 is 1.36 bits per heavy atom. The smallest absolute Gasteiger partial charge is 0.335 e. The quantitative estimate of drug-likeness (QED) is 0.654. The maximum atomic E-state index is 10.4. The van der Waals surface area contributed by atoms with E-state index in [9.17, 15) is 9.59 Å². The third-order valence-corrected chi connectivity index (χ3v) is 1.90. The summed E-state index contributed by atoms with van der Waals surface area (Å²) >= 11 is 0. The standard InChI is InChI=1S/C8H6O4.C8H18O2/c9-7(10)5-2-1-3-6(4-5)8(11)12;1-7(2,3)9-10-8(4,5)6/h1-4H,(H,9,10)(H,11,12);1-6H3. The lowest BCUT2D eigenvalue weighted by atomic mass is 10.1. The Morgan fingerprint density at radius 2 is 1.14 bits per heavy atom. The van der Waals surface area contributed by atoms with Gasteiger partial charge in [-0.25, -0.2) is 19.4 Å². The van der Waals surface area contributed by atoms with Crippen LogP contribution in [-0.2, 0) is 9.78 Å². The average molecular weight is 312 g/mol. The van der Waals surface area contributed by atoms with Crippen LogP contribution < -0.4 is 0 Å². The molecule has 1 aromatic carbocycles. The summed E-state index contributed by atoms with van der Waals surface area (Å²) in [7, 11) is 0. The summed E-state index contributed by atoms with van der Waals surface area (Å²) in [6.07, 6.45) is 0. The molecule has 0 amide bonds. The zero-order chi connectivity index (χ0) is 17.6. The summed E-state index contributed by atoms with van der Waals surface area (Å²) in [5.41, 5.74) is -0.467. The number of carboxylic acids is 2. The van der Waals surface area contributed by atoms with Gasteiger partial charge >= 0.3 is 11.9 Å². The predicted octanol–water partition coefficient (Wildman–Crippen LogP) is 3.61. The van der Waals surface area contributed by atoms with Crippen LogP contribution in [0.2, 0.25) is 0 Å². The van der Waals surface area contributed by atoms with Crippen LogP contribution in [0.3, 0.4) is 0 Å². The Bertz CT molecular complexity index is 465. The molecule has 0 bridgehead atoms. The summed E-state index contributed by atoms with van der Waals surface area (Å²) in [6, 6.07) is 5.20. The number of carbonyl (C=O) groups is 2. The molecule has 0 heterocycles. The molecule has 0 saturated heterocycles. The number of aromatic carboxylic acids is 2. The fraction of sp³-hybridized carbons (Fsp3) is 0.500. The van der Waals surface area contributed by atoms with E-state index in [1.807, 2.05) is 41.5 Å². The molecule has 0 aliphatic heterocycles. The van der Waals surface area contributed by atoms with Crippen molar-refractivity contribution in [2.75, 3.05) is 0 Å². The molecule has 2 N–H and O–H groups in total. The normalized spacial score (nSPS) is 11.4. The van der Waals surface area contributed by atoms with Crippen LogP contribution in [0.5, 0.6) is 0 Å². The first-order valence-corrected chi connectivity index (χ1v) is 6.75. The summed E-state index contributed by atoms with van der Waals surface area (Å²) in [5.74, 6) is -2.25. The number of hydrogen-bond acceptors (Lipinski definition) is 4. The Morgan fingerprint density at radius 1 is 0.818 bits per heavy atom. The monoisotopic (exact) mass is 312 g/mol. The molecule has 1 rings (SSSR count). The average Bonchev–Trinajstić information content (AvgIpc) is 2.36. The van der Waals surface area contributed by atoms with Gasteiger partial charge in [-0.2, -0.15) is 0 Å². The van der Waals surface area contributed by atoms with Crippen LogP contribution in [-0.4, -0.2) is 33.4 Å². The summed E-state index contributed by atoms with van der Waals surface area (Å²) in [6.45, 7) is 11.7. The van der Waals surface area contributed by atoms with Gasteiger partial charge in [0.2, 0.25) is 0 Å². The highest BCUT2D eigenvalue weighted by Gasteiger charge is 2.18. The van der Waals surface area contributed by atoms with Crippen LogP contribution in [0.1, 0.15) is 62.3 Å². The first kappa shape index (κ1) is 20.1. The molecular formula is C16H24O6. The third-order valence-electron chi connectivity index (χ3n) is 1.90. The maximum absolute atomic E-state index is 10.4. The minimum absolute atomic E-state index is 0.0186. The van der Waals surface area contributed by atoms with Crippen molar-refractivity contribution < 1.29 is 29.6 Å². The van der Waals surface area contributed by atoms with Crippen LogP contribution in [0.4, 0.5) is 0 Å². The lowest BCUT2D eigenvalue weighted by Gasteiger charge is -2.24. The van der Waals surface area contributed by atoms with Crippen molar-refractivity contribution in [3.05, 3.63) is 35.4 Å². The van der Waals surface area contributed by atoms with Crippen molar-refractivity contribution in [2.24, 2.45) is 0 Å². The Labute approximate surface area is 130 Å². The van der Waals surface area contributed by atoms with Gasteiger partial charge in [-0.05, 0) is 59.7 Å². The Kier molecular flexibility index (Phi) is 7.22. The van der Waals surface area contributed by atoms with Gasteiger partial charge < -0.3 is 10.2 Å². The highest BCUT2D eigenvalue weighted by Crippen LogP contribution is 2.14. The Hall–Kier alpha value is -1.92. The molecule has 0 radical (unpaired) electrons. The fourth-order valence-electron chi connectivity index (χ4n) is 1.04. The molecule has 0 aromatic heterocycles. The van der Waals surface area contributed by atoms with E-state index in [2.05, 4.69) is 0 Å². The third kappa shape index (κ3) is 9.90. The highest BCUT2D eigenvalue weighted by molar-refractivity contribution is 5.93. The van der Waals surface area contributed by atoms with Gasteiger partial charge in [-0.15, -0.1) is 0 Å². The molecule has 0 aliphatic rings. The van der Waals surface area contributed by atoms with Gasteiger partial charge in [-0.3, -0.25) is 0 Å². The van der Waals surface area contributed by atoms with E-state index >= 15 is 0 Å². The van der Waals surface area contributed by atoms with E-state index in [0.29, 0.717) is 0 Å². The van der Waals surface area contributed by atoms with E-state index in [0.717, 1.165) is 6.07 Å². The first-order chi connectivity index (χ1) is 9.82. The number of carboxylic acid groups (broad SMARTS) is 2. The van der Waals surface area contributed by atoms with Crippen molar-refractivity contribution in [1.29, 1.82) is 0 Å². The summed E-state index contributed by atoms with van der Waals surface area (Å²) in [4.78, 5) is 31.0. The molecule has 6 heteroatoms. The second-order valence-corrected chi connectivity index (χ2v) is 6.58. The van der Waals surface area contributed by atoms with Crippen LogP contribution in [0.25, 0.3) is 0 Å². The van der Waals surface area contributed by atoms with Gasteiger partial charge in [0.25, 0.3) is 0 Å². The van der Waals surface area contributed by atoms with Crippen molar-refractivity contribution in [1.82, 2.24) is 0 Å². The molecule has 124 valence electrons. The van der Waals surface area contributed by atoms with Gasteiger partial charge in [0, 0.05) is 0 Å². The lowest BCUT2D eigenvalue weighted by Crippen LogP contribution is -2.27. The van der Waals surface area contributed by atoms with E-state index < -0.39 is 11.9 Å². The predicted molar refractivity (Wildman–Crippen MR) is 82.0 cm³/mol. The van der Waals surface area contributed by atoms with Gasteiger partial charge in [-0.1, -0.05) is 6.07 Å². The molecule has 1 aromatic rings. The second-order valence-electron chi connectivity index (χ2n) is 6.58. The molecule has 0 fully saturated rings. The minimum atomic E-state index is -1.13.